The number of carbonyl (C=O) groups excluding carboxylic acids is 1. The number of nitrogens with two attached hydrogens (primary N) is 1. The molecule has 0 radical (unpaired) electrons. The third-order valence-electron chi connectivity index (χ3n) is 7.07. The number of amides is 1. The molecule has 7 heteroatoms. The number of rotatable bonds is 8. The van der Waals surface area contributed by atoms with E-state index in [1.54, 1.807) is 12.1 Å². The first-order chi connectivity index (χ1) is 18.4. The number of phenolic OH excluding ortho intramolecular Hbond substituents is 1. The first-order valence-electron chi connectivity index (χ1n) is 13.2. The summed E-state index contributed by atoms with van der Waals surface area (Å²) in [5, 5.41) is 20.5. The molecule has 210 valence electrons. The van der Waals surface area contributed by atoms with Crippen LogP contribution < -0.4 is 11.1 Å². The van der Waals surface area contributed by atoms with Gasteiger partial charge in [0.25, 0.3) is 0 Å². The van der Waals surface area contributed by atoms with Crippen LogP contribution >= 0.6 is 0 Å². The number of aromatic hydroxyl groups is 1. The Labute approximate surface area is 232 Å². The van der Waals surface area contributed by atoms with Crippen molar-refractivity contribution in [3.63, 3.8) is 0 Å². The maximum absolute atomic E-state index is 11.9. The maximum Gasteiger partial charge on any atom is 0.407 e. The fourth-order valence-electron chi connectivity index (χ4n) is 3.74. The summed E-state index contributed by atoms with van der Waals surface area (Å²) in [5.41, 5.74) is 9.92. The van der Waals surface area contributed by atoms with Crippen molar-refractivity contribution >= 4 is 12.1 Å². The van der Waals surface area contributed by atoms with Crippen LogP contribution in [0.1, 0.15) is 56.9 Å². The fraction of sp³-hybridized carbons (Fsp3) is 0.375. The maximum atomic E-state index is 11.9. The molecule has 4 rings (SSSR count). The van der Waals surface area contributed by atoms with Crippen LogP contribution in [0.2, 0.25) is 0 Å². The first-order valence-corrected chi connectivity index (χ1v) is 13.2. The third kappa shape index (κ3) is 10.8. The second-order valence-electron chi connectivity index (χ2n) is 10.5. The number of fused-ring (bicyclic) bond motifs is 1. The van der Waals surface area contributed by atoms with Gasteiger partial charge in [0, 0.05) is 5.54 Å². The summed E-state index contributed by atoms with van der Waals surface area (Å²) in [5.74, 6) is -0.172. The van der Waals surface area contributed by atoms with Crippen LogP contribution in [0.4, 0.5) is 4.79 Å². The smallest absolute Gasteiger partial charge is 0.407 e. The number of alkyl carbamates (subject to hydrolysis) is 1. The number of ether oxygens (including phenoxy) is 1. The lowest BCUT2D eigenvalue weighted by Gasteiger charge is -2.38. The molecule has 1 atom stereocenters. The van der Waals surface area contributed by atoms with Crippen molar-refractivity contribution in [3.8, 4) is 5.75 Å². The zero-order valence-corrected chi connectivity index (χ0v) is 23.6. The molecular weight excluding hydrogens is 492 g/mol. The van der Waals surface area contributed by atoms with Gasteiger partial charge in [-0.05, 0) is 66.0 Å². The molecule has 3 aromatic carbocycles. The summed E-state index contributed by atoms with van der Waals surface area (Å²) in [4.78, 5) is 22.3. The van der Waals surface area contributed by atoms with E-state index in [1.165, 1.54) is 29.7 Å². The number of phenols is 1. The van der Waals surface area contributed by atoms with Crippen LogP contribution in [0.3, 0.4) is 0 Å². The predicted molar refractivity (Wildman–Crippen MR) is 155 cm³/mol. The second kappa shape index (κ2) is 14.9. The van der Waals surface area contributed by atoms with Gasteiger partial charge < -0.3 is 26.0 Å². The van der Waals surface area contributed by atoms with Crippen LogP contribution in [0.15, 0.2) is 78.9 Å². The lowest BCUT2D eigenvalue weighted by Crippen LogP contribution is -2.53. The number of hydrogen-bond donors (Lipinski definition) is 4. The fourth-order valence-corrected chi connectivity index (χ4v) is 3.74. The third-order valence-corrected chi connectivity index (χ3v) is 7.07. The molecule has 3 aromatic rings. The average molecular weight is 535 g/mol. The zero-order valence-electron chi connectivity index (χ0n) is 23.6. The van der Waals surface area contributed by atoms with E-state index in [4.69, 9.17) is 20.7 Å². The number of carboxylic acids is 1. The molecule has 0 unspecified atom stereocenters. The highest BCUT2D eigenvalue weighted by atomic mass is 16.5. The minimum atomic E-state index is -1.02. The van der Waals surface area contributed by atoms with E-state index in [-0.39, 0.29) is 23.8 Å². The lowest BCUT2D eigenvalue weighted by atomic mass is 9.79. The van der Waals surface area contributed by atoms with Crippen LogP contribution in [0.5, 0.6) is 5.75 Å². The molecule has 1 amide bonds. The van der Waals surface area contributed by atoms with Crippen molar-refractivity contribution in [2.45, 2.75) is 65.6 Å². The molecule has 0 saturated carbocycles. The van der Waals surface area contributed by atoms with E-state index in [2.05, 4.69) is 64.2 Å². The van der Waals surface area contributed by atoms with Crippen molar-refractivity contribution in [1.29, 1.82) is 0 Å². The topological polar surface area (TPSA) is 122 Å². The van der Waals surface area contributed by atoms with Gasteiger partial charge in [-0.25, -0.2) is 4.79 Å². The average Bonchev–Trinajstić information content (AvgIpc) is 3.70. The number of aliphatic carboxylic acids is 1. The molecule has 0 heterocycles. The molecule has 0 aromatic heterocycles. The Hall–Kier alpha value is -3.84. The monoisotopic (exact) mass is 534 g/mol. The van der Waals surface area contributed by atoms with Crippen LogP contribution in [0, 0.1) is 11.8 Å². The molecule has 0 saturated heterocycles. The summed E-state index contributed by atoms with van der Waals surface area (Å²) in [6, 6.07) is 23.6. The number of benzene rings is 3. The SMILES string of the molecule is CC(C)C(C)(NC(=O)OCc1ccccc1)C(C)C.N[C@@H](Cc1ccc(O)cc1)C(=O)O.c1ccc2c(c1)C2. The molecule has 1 aliphatic rings. The van der Waals surface area contributed by atoms with E-state index in [1.807, 2.05) is 30.3 Å². The predicted octanol–water partition coefficient (Wildman–Crippen LogP) is 5.92. The molecule has 0 bridgehead atoms. The molecule has 0 fully saturated rings. The van der Waals surface area contributed by atoms with E-state index in [9.17, 15) is 9.59 Å². The standard InChI is InChI=1S/C16H25NO2.C9H11NO3.C7H6/c1-12(2)16(5,13(3)4)17-15(18)19-11-14-9-7-6-8-10-14;10-8(9(12)13)5-6-1-3-7(11)4-2-6;1-2-4-7-5-6(7)3-1/h6-10,12-13H,11H2,1-5H3,(H,17,18);1-4,8,11H,5,10H2,(H,12,13);1-4H,5H2/t;8-;/m.0./s1. The highest BCUT2D eigenvalue weighted by molar-refractivity contribution is 5.73. The Kier molecular flexibility index (Phi) is 12.0. The Morgan fingerprint density at radius 3 is 1.85 bits per heavy atom. The van der Waals surface area contributed by atoms with Crippen LogP contribution in [-0.2, 0) is 29.0 Å². The summed E-state index contributed by atoms with van der Waals surface area (Å²) in [6.07, 6.45) is 1.16. The first kappa shape index (κ1) is 31.4. The van der Waals surface area contributed by atoms with Gasteiger partial charge in [0.05, 0.1) is 0 Å². The van der Waals surface area contributed by atoms with Crippen molar-refractivity contribution in [1.82, 2.24) is 5.32 Å². The normalized spacial score (nSPS) is 12.2. The van der Waals surface area contributed by atoms with Crippen molar-refractivity contribution in [3.05, 3.63) is 101 Å². The van der Waals surface area contributed by atoms with Crippen molar-refractivity contribution in [2.75, 3.05) is 0 Å². The minimum absolute atomic E-state index is 0.160. The van der Waals surface area contributed by atoms with Gasteiger partial charge in [-0.15, -0.1) is 0 Å². The number of nitrogens with one attached hydrogen (secondary N) is 1. The van der Waals surface area contributed by atoms with Gasteiger partial charge in [-0.2, -0.15) is 0 Å². The van der Waals surface area contributed by atoms with Gasteiger partial charge in [-0.3, -0.25) is 4.79 Å². The Bertz CT molecular complexity index is 1150. The van der Waals surface area contributed by atoms with Crippen LogP contribution in [0.25, 0.3) is 0 Å². The molecule has 0 aliphatic heterocycles. The van der Waals surface area contributed by atoms with Gasteiger partial charge >= 0.3 is 12.1 Å². The molecule has 7 nitrogen and oxygen atoms in total. The molecule has 5 N–H and O–H groups in total. The highest BCUT2D eigenvalue weighted by Crippen LogP contribution is 2.26. The number of carbonyl (C=O) groups is 2. The molecule has 0 spiro atoms. The number of carboxylic acid groups (broad SMARTS) is 1. The van der Waals surface area contributed by atoms with Crippen LogP contribution in [-0.4, -0.2) is 33.9 Å². The quantitative estimate of drug-likeness (QED) is 0.223. The second-order valence-corrected chi connectivity index (χ2v) is 10.5. The summed E-state index contributed by atoms with van der Waals surface area (Å²) < 4.78 is 5.27. The van der Waals surface area contributed by atoms with E-state index < -0.39 is 12.0 Å². The number of hydrogen-bond acceptors (Lipinski definition) is 5. The lowest BCUT2D eigenvalue weighted by molar-refractivity contribution is -0.138. The Balaban J connectivity index is 0.000000227. The van der Waals surface area contributed by atoms with Gasteiger partial charge in [-0.1, -0.05) is 94.4 Å². The summed E-state index contributed by atoms with van der Waals surface area (Å²) in [6.45, 7) is 10.8. The molecular formula is C32H42N2O5. The molecule has 1 aliphatic carbocycles. The van der Waals surface area contributed by atoms with Crippen molar-refractivity contribution in [2.24, 2.45) is 17.6 Å². The Morgan fingerprint density at radius 2 is 1.38 bits per heavy atom. The Morgan fingerprint density at radius 1 is 0.872 bits per heavy atom. The molecule has 39 heavy (non-hydrogen) atoms. The van der Waals surface area contributed by atoms with E-state index in [0.717, 1.165) is 11.1 Å². The van der Waals surface area contributed by atoms with Crippen molar-refractivity contribution < 1.29 is 24.5 Å². The summed E-state index contributed by atoms with van der Waals surface area (Å²) in [7, 11) is 0. The largest absolute Gasteiger partial charge is 0.508 e. The van der Waals surface area contributed by atoms with Gasteiger partial charge in [0.2, 0.25) is 0 Å². The van der Waals surface area contributed by atoms with E-state index >= 15 is 0 Å². The van der Waals surface area contributed by atoms with E-state index in [0.29, 0.717) is 18.4 Å². The highest BCUT2D eigenvalue weighted by Gasteiger charge is 2.34. The zero-order chi connectivity index (χ0) is 29.0. The van der Waals surface area contributed by atoms with Gasteiger partial charge in [0.1, 0.15) is 18.4 Å². The van der Waals surface area contributed by atoms with Gasteiger partial charge in [0.15, 0.2) is 0 Å². The summed E-state index contributed by atoms with van der Waals surface area (Å²) >= 11 is 0. The minimum Gasteiger partial charge on any atom is -0.508 e.